The van der Waals surface area contributed by atoms with Crippen LogP contribution in [0.5, 0.6) is 0 Å². The van der Waals surface area contributed by atoms with Crippen LogP contribution in [-0.2, 0) is 6.18 Å². The summed E-state index contributed by atoms with van der Waals surface area (Å²) < 4.78 is 39.1. The Kier molecular flexibility index (Phi) is 5.46. The molecule has 1 aromatic carbocycles. The van der Waals surface area contributed by atoms with Gasteiger partial charge in [-0.25, -0.2) is 4.79 Å². The molecule has 0 aromatic heterocycles. The van der Waals surface area contributed by atoms with Crippen LogP contribution < -0.4 is 5.32 Å². The molecule has 0 unspecified atom stereocenters. The van der Waals surface area contributed by atoms with E-state index in [0.717, 1.165) is 18.9 Å². The van der Waals surface area contributed by atoms with Crippen LogP contribution in [-0.4, -0.2) is 41.3 Å². The van der Waals surface area contributed by atoms with Crippen molar-refractivity contribution in [3.05, 3.63) is 35.4 Å². The number of alkyl halides is 3. The van der Waals surface area contributed by atoms with E-state index in [1.807, 2.05) is 7.05 Å². The van der Waals surface area contributed by atoms with Gasteiger partial charge in [-0.2, -0.15) is 13.2 Å². The molecule has 1 amide bonds. The minimum atomic E-state index is -4.35. The molecule has 1 aromatic rings. The summed E-state index contributed by atoms with van der Waals surface area (Å²) in [6.07, 6.45) is -0.0347. The zero-order valence-electron chi connectivity index (χ0n) is 14.8. The van der Waals surface area contributed by atoms with E-state index >= 15 is 0 Å². The summed E-state index contributed by atoms with van der Waals surface area (Å²) in [5.41, 5.74) is 0.0743. The Hall–Kier alpha value is -1.76. The summed E-state index contributed by atoms with van der Waals surface area (Å²) in [5, 5.41) is 11.7. The average molecular weight is 370 g/mol. The van der Waals surface area contributed by atoms with Crippen LogP contribution in [0.4, 0.5) is 18.0 Å². The summed E-state index contributed by atoms with van der Waals surface area (Å²) in [5.74, 6) is 0.0108. The maximum absolute atomic E-state index is 13.0. The van der Waals surface area contributed by atoms with E-state index in [1.54, 1.807) is 6.07 Å². The molecule has 2 saturated carbocycles. The predicted molar refractivity (Wildman–Crippen MR) is 92.2 cm³/mol. The molecule has 26 heavy (non-hydrogen) atoms. The lowest BCUT2D eigenvalue weighted by molar-refractivity contribution is -0.137. The van der Waals surface area contributed by atoms with Gasteiger partial charge in [0.25, 0.3) is 0 Å². The highest BCUT2D eigenvalue weighted by molar-refractivity contribution is 5.65. The first-order valence-electron chi connectivity index (χ1n) is 9.14. The fraction of sp³-hybridized carbons (Fsp3) is 0.632. The second kappa shape index (κ2) is 7.47. The number of nitrogens with one attached hydrogen (secondary N) is 1. The van der Waals surface area contributed by atoms with Gasteiger partial charge in [-0.1, -0.05) is 24.6 Å². The number of nitrogens with zero attached hydrogens (tertiary/aromatic N) is 1. The first-order valence-corrected chi connectivity index (χ1v) is 9.14. The van der Waals surface area contributed by atoms with Crippen molar-refractivity contribution in [3.63, 3.8) is 0 Å². The van der Waals surface area contributed by atoms with Gasteiger partial charge in [0.1, 0.15) is 0 Å². The van der Waals surface area contributed by atoms with E-state index in [2.05, 4.69) is 10.2 Å². The van der Waals surface area contributed by atoms with Crippen molar-refractivity contribution in [2.75, 3.05) is 7.05 Å². The zero-order chi connectivity index (χ0) is 18.9. The minimum absolute atomic E-state index is 0.00435. The quantitative estimate of drug-likeness (QED) is 0.823. The van der Waals surface area contributed by atoms with Gasteiger partial charge in [0.2, 0.25) is 0 Å². The van der Waals surface area contributed by atoms with Crippen molar-refractivity contribution < 1.29 is 23.1 Å². The van der Waals surface area contributed by atoms with E-state index in [-0.39, 0.29) is 18.0 Å². The molecule has 3 atom stereocenters. The molecule has 144 valence electrons. The normalized spacial score (nSPS) is 27.2. The lowest BCUT2D eigenvalue weighted by atomic mass is 9.76. The van der Waals surface area contributed by atoms with E-state index in [0.29, 0.717) is 30.9 Å². The molecule has 2 N–H and O–H groups in total. The maximum atomic E-state index is 13.0. The molecule has 0 saturated heterocycles. The Morgan fingerprint density at radius 1 is 1.23 bits per heavy atom. The standard InChI is InChI=1S/C19H25F3N2O2/c1-24(15-6-3-7-15)17-11-13(8-9-16(17)23-18(25)26)12-4-2-5-14(10-12)19(20,21)22/h2,4-5,10,13,15-17,23H,3,6-9,11H2,1H3,(H,25,26)/t13-,16-,17-/m0/s1. The molecule has 0 bridgehead atoms. The van der Waals surface area contributed by atoms with Gasteiger partial charge in [0.05, 0.1) is 5.56 Å². The fourth-order valence-electron chi connectivity index (χ4n) is 4.26. The van der Waals surface area contributed by atoms with Crippen molar-refractivity contribution in [2.45, 2.75) is 68.7 Å². The largest absolute Gasteiger partial charge is 0.465 e. The van der Waals surface area contributed by atoms with Gasteiger partial charge in [0, 0.05) is 18.1 Å². The van der Waals surface area contributed by atoms with Crippen molar-refractivity contribution in [3.8, 4) is 0 Å². The van der Waals surface area contributed by atoms with Gasteiger partial charge in [-0.05, 0) is 56.7 Å². The number of likely N-dealkylation sites (N-methyl/N-ethyl adjacent to an activating group) is 1. The van der Waals surface area contributed by atoms with Crippen molar-refractivity contribution in [1.29, 1.82) is 0 Å². The Morgan fingerprint density at radius 3 is 2.54 bits per heavy atom. The number of hydrogen-bond donors (Lipinski definition) is 2. The Bertz CT molecular complexity index is 646. The molecule has 7 heteroatoms. The summed E-state index contributed by atoms with van der Waals surface area (Å²) in [4.78, 5) is 13.4. The number of hydrogen-bond acceptors (Lipinski definition) is 2. The molecule has 3 rings (SSSR count). The van der Waals surface area contributed by atoms with Gasteiger partial charge in [-0.15, -0.1) is 0 Å². The highest BCUT2D eigenvalue weighted by Gasteiger charge is 2.39. The number of amides is 1. The highest BCUT2D eigenvalue weighted by Crippen LogP contribution is 2.39. The lowest BCUT2D eigenvalue weighted by Crippen LogP contribution is -2.56. The SMILES string of the molecule is CN(C1CCC1)[C@H]1C[C@@H](c2cccc(C(F)(F)F)c2)CC[C@@H]1NC(=O)O. The molecular weight excluding hydrogens is 345 g/mol. The van der Waals surface area contributed by atoms with Crippen molar-refractivity contribution in [2.24, 2.45) is 0 Å². The topological polar surface area (TPSA) is 52.6 Å². The number of carbonyl (C=O) groups is 1. The smallest absolute Gasteiger partial charge is 0.416 e. The summed E-state index contributed by atoms with van der Waals surface area (Å²) >= 11 is 0. The second-order valence-corrected chi connectivity index (χ2v) is 7.51. The number of carboxylic acid groups (broad SMARTS) is 1. The van der Waals surface area contributed by atoms with Gasteiger partial charge < -0.3 is 10.4 Å². The number of halogens is 3. The van der Waals surface area contributed by atoms with Crippen molar-refractivity contribution in [1.82, 2.24) is 10.2 Å². The first-order chi connectivity index (χ1) is 12.3. The average Bonchev–Trinajstić information content (AvgIpc) is 2.52. The van der Waals surface area contributed by atoms with Gasteiger partial charge >= 0.3 is 12.3 Å². The Balaban J connectivity index is 1.79. The lowest BCUT2D eigenvalue weighted by Gasteiger charge is -2.46. The highest BCUT2D eigenvalue weighted by atomic mass is 19.4. The molecule has 4 nitrogen and oxygen atoms in total. The van der Waals surface area contributed by atoms with Crippen LogP contribution in [0.3, 0.4) is 0 Å². The molecule has 0 heterocycles. The van der Waals surface area contributed by atoms with Crippen LogP contribution in [0, 0.1) is 0 Å². The molecule has 2 fully saturated rings. The number of benzene rings is 1. The Morgan fingerprint density at radius 2 is 1.96 bits per heavy atom. The summed E-state index contributed by atoms with van der Waals surface area (Å²) in [7, 11) is 2.01. The summed E-state index contributed by atoms with van der Waals surface area (Å²) in [6.45, 7) is 0. The molecule has 2 aliphatic rings. The van der Waals surface area contributed by atoms with E-state index in [4.69, 9.17) is 5.11 Å². The molecule has 0 radical (unpaired) electrons. The van der Waals surface area contributed by atoms with E-state index < -0.39 is 17.8 Å². The maximum Gasteiger partial charge on any atom is 0.416 e. The van der Waals surface area contributed by atoms with Gasteiger partial charge in [-0.3, -0.25) is 4.90 Å². The van der Waals surface area contributed by atoms with Crippen LogP contribution in [0.1, 0.15) is 55.6 Å². The molecular formula is C19H25F3N2O2. The van der Waals surface area contributed by atoms with E-state index in [1.165, 1.54) is 18.6 Å². The summed E-state index contributed by atoms with van der Waals surface area (Å²) in [6, 6.07) is 5.83. The van der Waals surface area contributed by atoms with Crippen LogP contribution in [0.2, 0.25) is 0 Å². The first kappa shape index (κ1) is 19.0. The monoisotopic (exact) mass is 370 g/mol. The van der Waals surface area contributed by atoms with Crippen LogP contribution in [0.15, 0.2) is 24.3 Å². The second-order valence-electron chi connectivity index (χ2n) is 7.51. The third-order valence-electron chi connectivity index (χ3n) is 5.98. The third kappa shape index (κ3) is 4.14. The minimum Gasteiger partial charge on any atom is -0.465 e. The third-order valence-corrected chi connectivity index (χ3v) is 5.98. The van der Waals surface area contributed by atoms with Crippen LogP contribution in [0.25, 0.3) is 0 Å². The zero-order valence-corrected chi connectivity index (χ0v) is 14.8. The van der Waals surface area contributed by atoms with Crippen LogP contribution >= 0.6 is 0 Å². The Labute approximate surface area is 151 Å². The molecule has 0 aliphatic heterocycles. The van der Waals surface area contributed by atoms with E-state index in [9.17, 15) is 18.0 Å². The number of rotatable bonds is 4. The molecule has 0 spiro atoms. The fourth-order valence-corrected chi connectivity index (χ4v) is 4.26. The van der Waals surface area contributed by atoms with Crippen molar-refractivity contribution >= 4 is 6.09 Å². The molecule has 2 aliphatic carbocycles. The van der Waals surface area contributed by atoms with Gasteiger partial charge in [0.15, 0.2) is 0 Å². The predicted octanol–water partition coefficient (Wildman–Crippen LogP) is 4.46.